The van der Waals surface area contributed by atoms with Gasteiger partial charge in [0.2, 0.25) is 0 Å². The van der Waals surface area contributed by atoms with E-state index in [2.05, 4.69) is 0 Å². The van der Waals surface area contributed by atoms with Crippen LogP contribution in [-0.2, 0) is 5.54 Å². The first kappa shape index (κ1) is 8.97. The van der Waals surface area contributed by atoms with Gasteiger partial charge in [0.05, 0.1) is 0 Å². The molecule has 1 fully saturated rings. The molecular weight excluding hydrogens is 197 g/mol. The van der Waals surface area contributed by atoms with Gasteiger partial charge in [0.1, 0.15) is 13.2 Å². The Hall–Kier alpha value is -1.29. The lowest BCUT2D eigenvalue weighted by Gasteiger charge is -2.21. The van der Waals surface area contributed by atoms with Gasteiger partial charge in [-0.15, -0.1) is 0 Å². The molecule has 0 aromatic heterocycles. The third kappa shape index (κ3) is 1.28. The number of ether oxygens (including phenoxy) is 2. The molecule has 0 spiro atoms. The van der Waals surface area contributed by atoms with Gasteiger partial charge < -0.3 is 15.2 Å². The van der Waals surface area contributed by atoms with Gasteiger partial charge in [0, 0.05) is 11.1 Å². The van der Waals surface area contributed by atoms with E-state index >= 15 is 0 Å². The van der Waals surface area contributed by atoms with Gasteiger partial charge in [-0.2, -0.15) is 0 Å². The number of nitrogens with two attached hydrogens (primary N) is 1. The second-order valence-electron chi connectivity index (χ2n) is 4.11. The quantitative estimate of drug-likeness (QED) is 0.763. The number of hydrogen-bond acceptors (Lipinski definition) is 3. The van der Waals surface area contributed by atoms with E-state index in [1.807, 2.05) is 0 Å². The maximum absolute atomic E-state index is 14.0. The van der Waals surface area contributed by atoms with Crippen LogP contribution in [0.3, 0.4) is 0 Å². The van der Waals surface area contributed by atoms with Gasteiger partial charge >= 0.3 is 0 Å². The molecule has 0 amide bonds. The van der Waals surface area contributed by atoms with E-state index in [0.717, 1.165) is 12.8 Å². The Labute approximate surface area is 87.0 Å². The summed E-state index contributed by atoms with van der Waals surface area (Å²) in [6, 6.07) is 3.44. The van der Waals surface area contributed by atoms with Crippen LogP contribution in [-0.4, -0.2) is 13.2 Å². The molecule has 1 aliphatic carbocycles. The zero-order valence-corrected chi connectivity index (χ0v) is 8.25. The summed E-state index contributed by atoms with van der Waals surface area (Å²) < 4.78 is 24.6. The van der Waals surface area contributed by atoms with E-state index < -0.39 is 5.54 Å². The van der Waals surface area contributed by atoms with Gasteiger partial charge in [-0.1, -0.05) is 6.07 Å². The first-order valence-electron chi connectivity index (χ1n) is 5.08. The van der Waals surface area contributed by atoms with Crippen molar-refractivity contribution in [3.63, 3.8) is 0 Å². The van der Waals surface area contributed by atoms with Crippen molar-refractivity contribution < 1.29 is 13.9 Å². The summed E-state index contributed by atoms with van der Waals surface area (Å²) >= 11 is 0. The van der Waals surface area contributed by atoms with Crippen molar-refractivity contribution in [3.05, 3.63) is 23.5 Å². The van der Waals surface area contributed by atoms with Gasteiger partial charge in [-0.25, -0.2) is 4.39 Å². The molecule has 15 heavy (non-hydrogen) atoms. The predicted molar refractivity (Wildman–Crippen MR) is 52.5 cm³/mol. The fourth-order valence-corrected chi connectivity index (χ4v) is 1.87. The van der Waals surface area contributed by atoms with Gasteiger partial charge in [0.25, 0.3) is 0 Å². The normalized spacial score (nSPS) is 21.2. The Morgan fingerprint density at radius 3 is 2.67 bits per heavy atom. The molecule has 0 unspecified atom stereocenters. The van der Waals surface area contributed by atoms with Crippen molar-refractivity contribution in [2.45, 2.75) is 18.4 Å². The summed E-state index contributed by atoms with van der Waals surface area (Å²) in [5.41, 5.74) is 6.04. The third-order valence-corrected chi connectivity index (χ3v) is 2.97. The Balaban J connectivity index is 2.11. The van der Waals surface area contributed by atoms with Crippen molar-refractivity contribution in [2.75, 3.05) is 13.2 Å². The predicted octanol–water partition coefficient (Wildman–Crippen LogP) is 1.54. The summed E-state index contributed by atoms with van der Waals surface area (Å²) in [4.78, 5) is 0. The van der Waals surface area contributed by atoms with E-state index in [0.29, 0.717) is 24.5 Å². The molecule has 1 aromatic carbocycles. The highest BCUT2D eigenvalue weighted by Gasteiger charge is 2.43. The minimum atomic E-state index is -0.472. The summed E-state index contributed by atoms with van der Waals surface area (Å²) in [5, 5.41) is 0. The van der Waals surface area contributed by atoms with Crippen LogP contribution in [0, 0.1) is 5.82 Å². The highest BCUT2D eigenvalue weighted by Crippen LogP contribution is 2.47. The Morgan fingerprint density at radius 2 is 1.93 bits per heavy atom. The van der Waals surface area contributed by atoms with Crippen molar-refractivity contribution in [3.8, 4) is 11.5 Å². The first-order chi connectivity index (χ1) is 7.21. The average Bonchev–Trinajstić information content (AvgIpc) is 2.98. The molecule has 4 heteroatoms. The van der Waals surface area contributed by atoms with Crippen LogP contribution in [0.5, 0.6) is 11.5 Å². The largest absolute Gasteiger partial charge is 0.486 e. The lowest BCUT2D eigenvalue weighted by atomic mass is 10.0. The van der Waals surface area contributed by atoms with E-state index in [-0.39, 0.29) is 11.6 Å². The highest BCUT2D eigenvalue weighted by atomic mass is 19.1. The van der Waals surface area contributed by atoms with Crippen LogP contribution < -0.4 is 15.2 Å². The zero-order valence-electron chi connectivity index (χ0n) is 8.25. The van der Waals surface area contributed by atoms with Crippen LogP contribution >= 0.6 is 0 Å². The average molecular weight is 209 g/mol. The second-order valence-corrected chi connectivity index (χ2v) is 4.11. The lowest BCUT2D eigenvalue weighted by Crippen LogP contribution is -2.23. The molecule has 1 aromatic rings. The molecule has 2 aliphatic rings. The molecule has 1 aliphatic heterocycles. The topological polar surface area (TPSA) is 44.5 Å². The highest BCUT2D eigenvalue weighted by molar-refractivity contribution is 5.48. The van der Waals surface area contributed by atoms with E-state index in [1.165, 1.54) is 0 Å². The molecule has 0 atom stereocenters. The number of halogens is 1. The monoisotopic (exact) mass is 209 g/mol. The van der Waals surface area contributed by atoms with Crippen LogP contribution in [0.15, 0.2) is 12.1 Å². The first-order valence-corrected chi connectivity index (χ1v) is 5.08. The Kier molecular flexibility index (Phi) is 1.71. The summed E-state index contributed by atoms with van der Waals surface area (Å²) in [6.45, 7) is 0.866. The molecule has 0 bridgehead atoms. The van der Waals surface area contributed by atoms with Crippen LogP contribution in [0.1, 0.15) is 18.4 Å². The smallest absolute Gasteiger partial charge is 0.197 e. The van der Waals surface area contributed by atoms with Crippen molar-refractivity contribution in [1.29, 1.82) is 0 Å². The molecule has 1 saturated carbocycles. The maximum Gasteiger partial charge on any atom is 0.197 e. The fourth-order valence-electron chi connectivity index (χ4n) is 1.87. The molecule has 2 N–H and O–H groups in total. The van der Waals surface area contributed by atoms with Crippen molar-refractivity contribution in [1.82, 2.24) is 0 Å². The summed E-state index contributed by atoms with van der Waals surface area (Å²) in [6.07, 6.45) is 1.67. The van der Waals surface area contributed by atoms with E-state index in [4.69, 9.17) is 15.2 Å². The molecule has 0 saturated heterocycles. The summed E-state index contributed by atoms with van der Waals surface area (Å²) in [5.74, 6) is 0.342. The molecule has 3 nitrogen and oxygen atoms in total. The number of fused-ring (bicyclic) bond motifs is 1. The molecule has 80 valence electrons. The van der Waals surface area contributed by atoms with Crippen LogP contribution in [0.2, 0.25) is 0 Å². The lowest BCUT2D eigenvalue weighted by molar-refractivity contribution is 0.163. The van der Waals surface area contributed by atoms with E-state index in [1.54, 1.807) is 12.1 Å². The molecule has 1 heterocycles. The van der Waals surface area contributed by atoms with Gasteiger partial charge in [0.15, 0.2) is 17.3 Å². The minimum absolute atomic E-state index is 0.218. The number of rotatable bonds is 1. The maximum atomic E-state index is 14.0. The number of benzene rings is 1. The third-order valence-electron chi connectivity index (χ3n) is 2.97. The standard InChI is InChI=1S/C11H12FNO2/c12-9-7(11(13)3-4-11)1-2-8-10(9)15-6-5-14-8/h1-2H,3-6,13H2. The zero-order chi connectivity index (χ0) is 10.5. The van der Waals surface area contributed by atoms with Crippen LogP contribution in [0.4, 0.5) is 4.39 Å². The van der Waals surface area contributed by atoms with Gasteiger partial charge in [-0.05, 0) is 18.9 Å². The fraction of sp³-hybridized carbons (Fsp3) is 0.455. The Morgan fingerprint density at radius 1 is 1.20 bits per heavy atom. The molecule has 0 radical (unpaired) electrons. The molecular formula is C11H12FNO2. The number of hydrogen-bond donors (Lipinski definition) is 1. The van der Waals surface area contributed by atoms with E-state index in [9.17, 15) is 4.39 Å². The second kappa shape index (κ2) is 2.85. The molecule has 3 rings (SSSR count). The Bertz CT molecular complexity index is 415. The summed E-state index contributed by atoms with van der Waals surface area (Å²) in [7, 11) is 0. The SMILES string of the molecule is NC1(c2ccc3c(c2F)OCCO3)CC1. The van der Waals surface area contributed by atoms with Crippen molar-refractivity contribution >= 4 is 0 Å². The minimum Gasteiger partial charge on any atom is -0.486 e. The van der Waals surface area contributed by atoms with Crippen molar-refractivity contribution in [2.24, 2.45) is 5.73 Å². The van der Waals surface area contributed by atoms with Crippen LogP contribution in [0.25, 0.3) is 0 Å². The van der Waals surface area contributed by atoms with Gasteiger partial charge in [-0.3, -0.25) is 0 Å².